The van der Waals surface area contributed by atoms with Crippen LogP contribution in [0.5, 0.6) is 0 Å². The van der Waals surface area contributed by atoms with Crippen molar-refractivity contribution in [1.82, 2.24) is 15.2 Å². The molecule has 2 atom stereocenters. The van der Waals surface area contributed by atoms with Gasteiger partial charge < -0.3 is 15.3 Å². The summed E-state index contributed by atoms with van der Waals surface area (Å²) in [7, 11) is 0. The molecule has 2 N–H and O–H groups in total. The number of carbonyl (C=O) groups is 1. The molecule has 0 radical (unpaired) electrons. The van der Waals surface area contributed by atoms with E-state index in [1.54, 1.807) is 17.3 Å². The molecule has 2 unspecified atom stereocenters. The Hall–Kier alpha value is -1.97. The quantitative estimate of drug-likeness (QED) is 0.791. The molecule has 6 nitrogen and oxygen atoms in total. The first kappa shape index (κ1) is 14.4. The molecule has 1 aromatic heterocycles. The van der Waals surface area contributed by atoms with Crippen LogP contribution in [-0.4, -0.2) is 46.1 Å². The highest BCUT2D eigenvalue weighted by atomic mass is 16.3. The number of amides is 1. The standard InChI is InChI=1S/C14H18N4O2/c15-4-2-6-18(10-11-3-1-5-16-8-11)14(20)13-7-12(19)9-17-13/h1,3,5,8,12-13,17,19H,2,6-7,9-10H2. The number of nitrogens with zero attached hydrogens (tertiary/aromatic N) is 3. The monoisotopic (exact) mass is 274 g/mol. The largest absolute Gasteiger partial charge is 0.392 e. The maximum Gasteiger partial charge on any atom is 0.240 e. The number of hydrogen-bond donors (Lipinski definition) is 2. The van der Waals surface area contributed by atoms with Gasteiger partial charge in [0.15, 0.2) is 0 Å². The Balaban J connectivity index is 2.03. The van der Waals surface area contributed by atoms with Gasteiger partial charge in [-0.2, -0.15) is 5.26 Å². The minimum atomic E-state index is -0.472. The molecule has 2 rings (SSSR count). The number of rotatable bonds is 5. The fourth-order valence-electron chi connectivity index (χ4n) is 2.29. The van der Waals surface area contributed by atoms with Gasteiger partial charge in [-0.25, -0.2) is 0 Å². The van der Waals surface area contributed by atoms with Gasteiger partial charge in [-0.1, -0.05) is 6.07 Å². The van der Waals surface area contributed by atoms with Crippen LogP contribution in [0.4, 0.5) is 0 Å². The Bertz CT molecular complexity index is 486. The molecule has 2 heterocycles. The molecule has 1 amide bonds. The molecule has 0 saturated carbocycles. The van der Waals surface area contributed by atoms with Gasteiger partial charge in [-0.05, 0) is 18.1 Å². The average molecular weight is 274 g/mol. The topological polar surface area (TPSA) is 89.2 Å². The predicted octanol–water partition coefficient (Wildman–Crippen LogP) is 0.0467. The summed E-state index contributed by atoms with van der Waals surface area (Å²) in [5.41, 5.74) is 0.928. The van der Waals surface area contributed by atoms with E-state index >= 15 is 0 Å². The van der Waals surface area contributed by atoms with E-state index in [4.69, 9.17) is 5.26 Å². The van der Waals surface area contributed by atoms with Crippen LogP contribution in [0.15, 0.2) is 24.5 Å². The maximum atomic E-state index is 12.4. The molecule has 1 aliphatic rings. The summed E-state index contributed by atoms with van der Waals surface area (Å²) in [5, 5.41) is 21.2. The third-order valence-corrected chi connectivity index (χ3v) is 3.31. The van der Waals surface area contributed by atoms with Crippen LogP contribution >= 0.6 is 0 Å². The Morgan fingerprint density at radius 1 is 1.65 bits per heavy atom. The smallest absolute Gasteiger partial charge is 0.240 e. The van der Waals surface area contributed by atoms with E-state index < -0.39 is 6.10 Å². The van der Waals surface area contributed by atoms with Crippen LogP contribution in [0, 0.1) is 11.3 Å². The SMILES string of the molecule is N#CCCN(Cc1cccnc1)C(=O)C1CC(O)CN1. The van der Waals surface area contributed by atoms with E-state index in [9.17, 15) is 9.90 Å². The van der Waals surface area contributed by atoms with Crippen molar-refractivity contribution in [3.8, 4) is 6.07 Å². The van der Waals surface area contributed by atoms with E-state index in [1.165, 1.54) is 0 Å². The van der Waals surface area contributed by atoms with E-state index in [-0.39, 0.29) is 11.9 Å². The number of β-amino-alcohol motifs (C(OH)–C–C–N with tert-alkyl or cyclic N) is 1. The first-order chi connectivity index (χ1) is 9.70. The summed E-state index contributed by atoms with van der Waals surface area (Å²) in [5.74, 6) is -0.0688. The molecule has 0 aromatic carbocycles. The Morgan fingerprint density at radius 3 is 3.10 bits per heavy atom. The Labute approximate surface area is 118 Å². The number of carbonyl (C=O) groups excluding carboxylic acids is 1. The third-order valence-electron chi connectivity index (χ3n) is 3.31. The zero-order valence-electron chi connectivity index (χ0n) is 11.2. The number of aliphatic hydroxyl groups excluding tert-OH is 1. The number of pyridine rings is 1. The summed E-state index contributed by atoms with van der Waals surface area (Å²) in [6.07, 6.45) is 3.64. The minimum Gasteiger partial charge on any atom is -0.392 e. The molecule has 1 aromatic rings. The molecule has 1 fully saturated rings. The predicted molar refractivity (Wildman–Crippen MR) is 72.3 cm³/mol. The molecule has 1 saturated heterocycles. The lowest BCUT2D eigenvalue weighted by Gasteiger charge is -2.24. The molecule has 0 bridgehead atoms. The highest BCUT2D eigenvalue weighted by Crippen LogP contribution is 2.12. The Morgan fingerprint density at radius 2 is 2.50 bits per heavy atom. The fourth-order valence-corrected chi connectivity index (χ4v) is 2.29. The summed E-state index contributed by atoms with van der Waals surface area (Å²) in [6, 6.07) is 5.42. The lowest BCUT2D eigenvalue weighted by Crippen LogP contribution is -2.43. The van der Waals surface area contributed by atoms with Crippen LogP contribution in [0.25, 0.3) is 0 Å². The summed E-state index contributed by atoms with van der Waals surface area (Å²) >= 11 is 0. The summed E-state index contributed by atoms with van der Waals surface area (Å²) < 4.78 is 0. The van der Waals surface area contributed by atoms with Crippen LogP contribution < -0.4 is 5.32 Å². The van der Waals surface area contributed by atoms with Crippen LogP contribution in [-0.2, 0) is 11.3 Å². The normalized spacial score (nSPS) is 21.4. The van der Waals surface area contributed by atoms with E-state index in [0.29, 0.717) is 32.5 Å². The van der Waals surface area contributed by atoms with Gasteiger partial charge in [0, 0.05) is 32.0 Å². The van der Waals surface area contributed by atoms with Crippen molar-refractivity contribution >= 4 is 5.91 Å². The number of aromatic nitrogens is 1. The van der Waals surface area contributed by atoms with E-state index in [2.05, 4.69) is 16.4 Å². The zero-order valence-corrected chi connectivity index (χ0v) is 11.2. The van der Waals surface area contributed by atoms with Gasteiger partial charge in [0.1, 0.15) is 0 Å². The van der Waals surface area contributed by atoms with Gasteiger partial charge in [-0.3, -0.25) is 9.78 Å². The highest BCUT2D eigenvalue weighted by Gasteiger charge is 2.31. The van der Waals surface area contributed by atoms with Crippen molar-refractivity contribution in [2.75, 3.05) is 13.1 Å². The number of aliphatic hydroxyl groups is 1. The minimum absolute atomic E-state index is 0.0688. The third kappa shape index (κ3) is 3.76. The van der Waals surface area contributed by atoms with Crippen molar-refractivity contribution in [3.05, 3.63) is 30.1 Å². The Kier molecular flexibility index (Phi) is 5.04. The van der Waals surface area contributed by atoms with Gasteiger partial charge in [0.2, 0.25) is 5.91 Å². The average Bonchev–Trinajstić information content (AvgIpc) is 2.90. The van der Waals surface area contributed by atoms with Crippen LogP contribution in [0.1, 0.15) is 18.4 Å². The van der Waals surface area contributed by atoms with Gasteiger partial charge in [0.25, 0.3) is 0 Å². The molecule has 0 spiro atoms. The van der Waals surface area contributed by atoms with Crippen molar-refractivity contribution in [2.24, 2.45) is 0 Å². The fraction of sp³-hybridized carbons (Fsp3) is 0.500. The van der Waals surface area contributed by atoms with Crippen molar-refractivity contribution < 1.29 is 9.90 Å². The number of nitriles is 1. The molecular weight excluding hydrogens is 256 g/mol. The molecular formula is C14H18N4O2. The van der Waals surface area contributed by atoms with Gasteiger partial charge in [-0.15, -0.1) is 0 Å². The van der Waals surface area contributed by atoms with E-state index in [1.807, 2.05) is 12.1 Å². The molecule has 1 aliphatic heterocycles. The van der Waals surface area contributed by atoms with Crippen LogP contribution in [0.2, 0.25) is 0 Å². The second-order valence-electron chi connectivity index (χ2n) is 4.88. The number of nitrogens with one attached hydrogen (secondary N) is 1. The zero-order chi connectivity index (χ0) is 14.4. The molecule has 106 valence electrons. The molecule has 20 heavy (non-hydrogen) atoms. The second kappa shape index (κ2) is 6.98. The second-order valence-corrected chi connectivity index (χ2v) is 4.88. The first-order valence-corrected chi connectivity index (χ1v) is 6.67. The van der Waals surface area contributed by atoms with Crippen LogP contribution in [0.3, 0.4) is 0 Å². The molecule has 0 aliphatic carbocycles. The highest BCUT2D eigenvalue weighted by molar-refractivity contribution is 5.82. The van der Waals surface area contributed by atoms with E-state index in [0.717, 1.165) is 5.56 Å². The lowest BCUT2D eigenvalue weighted by atomic mass is 10.1. The molecule has 6 heteroatoms. The van der Waals surface area contributed by atoms with Crippen molar-refractivity contribution in [2.45, 2.75) is 31.5 Å². The maximum absolute atomic E-state index is 12.4. The summed E-state index contributed by atoms with van der Waals surface area (Å²) in [4.78, 5) is 18.1. The van der Waals surface area contributed by atoms with Crippen molar-refractivity contribution in [1.29, 1.82) is 5.26 Å². The lowest BCUT2D eigenvalue weighted by molar-refractivity contribution is -0.133. The van der Waals surface area contributed by atoms with Gasteiger partial charge in [0.05, 0.1) is 24.6 Å². The first-order valence-electron chi connectivity index (χ1n) is 6.67. The summed E-state index contributed by atoms with van der Waals surface area (Å²) in [6.45, 7) is 1.26. The number of hydrogen-bond acceptors (Lipinski definition) is 5. The van der Waals surface area contributed by atoms with Crippen molar-refractivity contribution in [3.63, 3.8) is 0 Å². The van der Waals surface area contributed by atoms with Gasteiger partial charge >= 0.3 is 0 Å².